The van der Waals surface area contributed by atoms with Crippen LogP contribution in [0.1, 0.15) is 12.0 Å². The summed E-state index contributed by atoms with van der Waals surface area (Å²) in [7, 11) is -6.53. The summed E-state index contributed by atoms with van der Waals surface area (Å²) in [6, 6.07) is 8.99. The van der Waals surface area contributed by atoms with Crippen LogP contribution in [0.3, 0.4) is 0 Å². The Kier molecular flexibility index (Phi) is 5.17. The summed E-state index contributed by atoms with van der Waals surface area (Å²) in [5.41, 5.74) is 0.733. The van der Waals surface area contributed by atoms with E-state index in [-0.39, 0.29) is 36.3 Å². The molecule has 2 heterocycles. The fourth-order valence-corrected chi connectivity index (χ4v) is 6.56. The summed E-state index contributed by atoms with van der Waals surface area (Å²) in [4.78, 5) is 14.0. The summed E-state index contributed by atoms with van der Waals surface area (Å²) in [5, 5.41) is 0. The number of carbonyl (C=O) groups excluding carboxylic acids is 1. The van der Waals surface area contributed by atoms with Gasteiger partial charge in [0.1, 0.15) is 0 Å². The summed E-state index contributed by atoms with van der Waals surface area (Å²) in [5.74, 6) is -0.714. The van der Waals surface area contributed by atoms with Crippen LogP contribution in [-0.2, 0) is 30.4 Å². The van der Waals surface area contributed by atoms with Crippen LogP contribution in [0.15, 0.2) is 30.3 Å². The molecule has 1 amide bonds. The van der Waals surface area contributed by atoms with Crippen LogP contribution in [0.2, 0.25) is 0 Å². The fraction of sp³-hybridized carbons (Fsp3) is 0.562. The monoisotopic (exact) mass is 386 g/mol. The van der Waals surface area contributed by atoms with Gasteiger partial charge in [-0.25, -0.2) is 16.8 Å². The van der Waals surface area contributed by atoms with Gasteiger partial charge in [-0.05, 0) is 12.0 Å². The van der Waals surface area contributed by atoms with E-state index in [1.54, 1.807) is 29.2 Å². The predicted octanol–water partition coefficient (Wildman–Crippen LogP) is 0.0953. The number of piperazine rings is 1. The summed E-state index contributed by atoms with van der Waals surface area (Å²) in [6.07, 6.45) is 0.369. The molecule has 1 aromatic rings. The number of carbonyl (C=O) groups is 1. The molecule has 0 radical (unpaired) electrons. The van der Waals surface area contributed by atoms with E-state index in [0.29, 0.717) is 19.5 Å². The number of benzene rings is 1. The lowest BCUT2D eigenvalue weighted by molar-refractivity contribution is -0.135. The highest BCUT2D eigenvalue weighted by Crippen LogP contribution is 2.22. The Hall–Kier alpha value is -1.45. The molecule has 7 nitrogen and oxygen atoms in total. The second kappa shape index (κ2) is 7.05. The maximum Gasteiger partial charge on any atom is 0.226 e. The lowest BCUT2D eigenvalue weighted by Crippen LogP contribution is -2.52. The number of hydrogen-bond donors (Lipinski definition) is 0. The first-order valence-electron chi connectivity index (χ1n) is 8.28. The predicted molar refractivity (Wildman–Crippen MR) is 94.0 cm³/mol. The van der Waals surface area contributed by atoms with Gasteiger partial charge < -0.3 is 4.90 Å². The molecule has 1 atom stereocenters. The highest BCUT2D eigenvalue weighted by molar-refractivity contribution is 7.91. The van der Waals surface area contributed by atoms with Gasteiger partial charge in [0.25, 0.3) is 0 Å². The Labute approximate surface area is 148 Å². The molecule has 9 heteroatoms. The van der Waals surface area contributed by atoms with Crippen LogP contribution in [0.5, 0.6) is 0 Å². The van der Waals surface area contributed by atoms with E-state index in [2.05, 4.69) is 0 Å². The van der Waals surface area contributed by atoms with Crippen molar-refractivity contribution in [2.24, 2.45) is 5.92 Å². The van der Waals surface area contributed by atoms with Crippen molar-refractivity contribution < 1.29 is 21.6 Å². The molecule has 2 saturated heterocycles. The number of hydrogen-bond acceptors (Lipinski definition) is 5. The van der Waals surface area contributed by atoms with Crippen LogP contribution in [0, 0.1) is 5.92 Å². The van der Waals surface area contributed by atoms with Crippen LogP contribution >= 0.6 is 0 Å². The van der Waals surface area contributed by atoms with Crippen molar-refractivity contribution in [2.45, 2.75) is 12.2 Å². The molecule has 2 aliphatic heterocycles. The van der Waals surface area contributed by atoms with Crippen molar-refractivity contribution in [1.29, 1.82) is 0 Å². The van der Waals surface area contributed by atoms with Crippen molar-refractivity contribution in [3.63, 3.8) is 0 Å². The maximum atomic E-state index is 12.5. The molecule has 0 aromatic heterocycles. The molecular formula is C16H22N2O5S2. The lowest BCUT2D eigenvalue weighted by atomic mass is 10.1. The smallest absolute Gasteiger partial charge is 0.226 e. The van der Waals surface area contributed by atoms with Crippen LogP contribution < -0.4 is 0 Å². The standard InChI is InChI=1S/C16H22N2O5S2/c19-16(15-6-11-24(20,21)13-15)17-7-9-18(10-8-17)25(22,23)12-14-4-2-1-3-5-14/h1-5,15H,6-13H2. The molecule has 0 bridgehead atoms. The molecule has 2 aliphatic rings. The second-order valence-corrected chi connectivity index (χ2v) is 10.8. The SMILES string of the molecule is O=C(C1CCS(=O)(=O)C1)N1CCN(S(=O)(=O)Cc2ccccc2)CC1. The van der Waals surface area contributed by atoms with Crippen molar-refractivity contribution in [2.75, 3.05) is 37.7 Å². The van der Waals surface area contributed by atoms with Gasteiger partial charge in [0.15, 0.2) is 9.84 Å². The van der Waals surface area contributed by atoms with Crippen molar-refractivity contribution in [3.8, 4) is 0 Å². The highest BCUT2D eigenvalue weighted by atomic mass is 32.2. The first-order valence-corrected chi connectivity index (χ1v) is 11.7. The number of sulfone groups is 1. The van der Waals surface area contributed by atoms with Gasteiger partial charge in [-0.2, -0.15) is 4.31 Å². The molecular weight excluding hydrogens is 364 g/mol. The normalized spacial score (nSPS) is 24.3. The summed E-state index contributed by atoms with van der Waals surface area (Å²) >= 11 is 0. The second-order valence-electron chi connectivity index (χ2n) is 6.57. The zero-order chi connectivity index (χ0) is 18.1. The van der Waals surface area contributed by atoms with Gasteiger partial charge in [-0.1, -0.05) is 30.3 Å². The van der Waals surface area contributed by atoms with E-state index in [4.69, 9.17) is 0 Å². The van der Waals surface area contributed by atoms with Gasteiger partial charge >= 0.3 is 0 Å². The van der Waals surface area contributed by atoms with Crippen molar-refractivity contribution in [3.05, 3.63) is 35.9 Å². The Morgan fingerprint density at radius 1 is 1.08 bits per heavy atom. The minimum Gasteiger partial charge on any atom is -0.340 e. The molecule has 1 aromatic carbocycles. The average molecular weight is 386 g/mol. The van der Waals surface area contributed by atoms with Crippen LogP contribution in [-0.4, -0.2) is 69.6 Å². The van der Waals surface area contributed by atoms with Crippen LogP contribution in [0.4, 0.5) is 0 Å². The third-order valence-electron chi connectivity index (χ3n) is 4.72. The minimum atomic E-state index is -3.42. The zero-order valence-corrected chi connectivity index (χ0v) is 15.5. The number of sulfonamides is 1. The Morgan fingerprint density at radius 3 is 2.28 bits per heavy atom. The first kappa shape index (κ1) is 18.3. The van der Waals surface area contributed by atoms with Gasteiger partial charge in [0.05, 0.1) is 23.2 Å². The Balaban J connectivity index is 1.57. The molecule has 3 rings (SSSR count). The van der Waals surface area contributed by atoms with Crippen molar-refractivity contribution in [1.82, 2.24) is 9.21 Å². The third-order valence-corrected chi connectivity index (χ3v) is 8.34. The van der Waals surface area contributed by atoms with Gasteiger partial charge in [0.2, 0.25) is 15.9 Å². The fourth-order valence-electron chi connectivity index (χ4n) is 3.31. The lowest BCUT2D eigenvalue weighted by Gasteiger charge is -2.35. The van der Waals surface area contributed by atoms with E-state index in [1.165, 1.54) is 4.31 Å². The quantitative estimate of drug-likeness (QED) is 0.732. The molecule has 2 fully saturated rings. The Bertz CT molecular complexity index is 829. The molecule has 0 N–H and O–H groups in total. The first-order chi connectivity index (χ1) is 11.8. The van der Waals surface area contributed by atoms with Gasteiger partial charge in [-0.15, -0.1) is 0 Å². The zero-order valence-electron chi connectivity index (χ0n) is 13.9. The van der Waals surface area contributed by atoms with E-state index in [0.717, 1.165) is 5.56 Å². The molecule has 1 unspecified atom stereocenters. The third kappa shape index (κ3) is 4.39. The van der Waals surface area contributed by atoms with Gasteiger partial charge in [0, 0.05) is 26.2 Å². The molecule has 0 spiro atoms. The maximum absolute atomic E-state index is 12.5. The van der Waals surface area contributed by atoms with E-state index in [1.807, 2.05) is 6.07 Å². The Morgan fingerprint density at radius 2 is 1.72 bits per heavy atom. The molecule has 0 aliphatic carbocycles. The number of rotatable bonds is 4. The average Bonchev–Trinajstić information content (AvgIpc) is 2.95. The number of nitrogens with zero attached hydrogens (tertiary/aromatic N) is 2. The van der Waals surface area contributed by atoms with Crippen LogP contribution in [0.25, 0.3) is 0 Å². The largest absolute Gasteiger partial charge is 0.340 e. The van der Waals surface area contributed by atoms with Gasteiger partial charge in [-0.3, -0.25) is 4.79 Å². The molecule has 0 saturated carbocycles. The highest BCUT2D eigenvalue weighted by Gasteiger charge is 2.37. The van der Waals surface area contributed by atoms with Crippen molar-refractivity contribution >= 4 is 25.8 Å². The summed E-state index contributed by atoms with van der Waals surface area (Å²) < 4.78 is 49.5. The van der Waals surface area contributed by atoms with E-state index in [9.17, 15) is 21.6 Å². The topological polar surface area (TPSA) is 91.8 Å². The van der Waals surface area contributed by atoms with E-state index >= 15 is 0 Å². The summed E-state index contributed by atoms with van der Waals surface area (Å²) in [6.45, 7) is 1.12. The molecule has 25 heavy (non-hydrogen) atoms. The number of amides is 1. The molecule has 138 valence electrons. The van der Waals surface area contributed by atoms with E-state index < -0.39 is 25.8 Å². The minimum absolute atomic E-state index is 0.0529.